The van der Waals surface area contributed by atoms with Crippen LogP contribution in [0.25, 0.3) is 11.0 Å². The van der Waals surface area contributed by atoms with Gasteiger partial charge in [-0.25, -0.2) is 4.79 Å². The number of fused-ring (bicyclic) bond motifs is 1. The van der Waals surface area contributed by atoms with Crippen molar-refractivity contribution in [2.45, 2.75) is 25.8 Å². The number of nitrogens with zero attached hydrogens (tertiary/aromatic N) is 2. The Kier molecular flexibility index (Phi) is 4.58. The van der Waals surface area contributed by atoms with Crippen molar-refractivity contribution in [1.82, 2.24) is 15.4 Å². The molecule has 1 atom stereocenters. The van der Waals surface area contributed by atoms with Crippen molar-refractivity contribution >= 4 is 17.0 Å². The first kappa shape index (κ1) is 14.8. The summed E-state index contributed by atoms with van der Waals surface area (Å²) in [5, 5.41) is 17.1. The van der Waals surface area contributed by atoms with Crippen molar-refractivity contribution in [3.05, 3.63) is 30.0 Å². The number of nitrogens with one attached hydrogen (secondary N) is 1. The van der Waals surface area contributed by atoms with E-state index in [0.717, 1.165) is 42.5 Å². The van der Waals surface area contributed by atoms with E-state index < -0.39 is 0 Å². The number of urea groups is 1. The molecule has 6 nitrogen and oxygen atoms in total. The lowest BCUT2D eigenvalue weighted by Crippen LogP contribution is -2.40. The van der Waals surface area contributed by atoms with Gasteiger partial charge in [-0.15, -0.1) is 0 Å². The Balaban J connectivity index is 1.58. The first-order valence-electron chi connectivity index (χ1n) is 7.75. The zero-order chi connectivity index (χ0) is 15.4. The molecule has 1 saturated heterocycles. The van der Waals surface area contributed by atoms with Crippen molar-refractivity contribution in [3.63, 3.8) is 0 Å². The van der Waals surface area contributed by atoms with E-state index in [1.54, 1.807) is 0 Å². The predicted octanol–water partition coefficient (Wildman–Crippen LogP) is 2.13. The fourth-order valence-electron chi connectivity index (χ4n) is 2.89. The van der Waals surface area contributed by atoms with Crippen LogP contribution in [-0.4, -0.2) is 40.9 Å². The first-order chi connectivity index (χ1) is 10.8. The third kappa shape index (κ3) is 3.22. The van der Waals surface area contributed by atoms with Gasteiger partial charge in [0.05, 0.1) is 6.54 Å². The highest BCUT2D eigenvalue weighted by atomic mass is 16.5. The van der Waals surface area contributed by atoms with Gasteiger partial charge in [-0.1, -0.05) is 17.3 Å². The molecule has 0 spiro atoms. The second kappa shape index (κ2) is 6.79. The Labute approximate surface area is 129 Å². The first-order valence-corrected chi connectivity index (χ1v) is 7.75. The van der Waals surface area contributed by atoms with Crippen molar-refractivity contribution < 1.29 is 14.4 Å². The van der Waals surface area contributed by atoms with Gasteiger partial charge in [0, 0.05) is 25.1 Å². The summed E-state index contributed by atoms with van der Waals surface area (Å²) in [5.41, 5.74) is 1.47. The van der Waals surface area contributed by atoms with Gasteiger partial charge >= 0.3 is 6.03 Å². The van der Waals surface area contributed by atoms with Gasteiger partial charge in [0.25, 0.3) is 0 Å². The second-order valence-electron chi connectivity index (χ2n) is 5.75. The molecule has 6 heteroatoms. The molecule has 2 aromatic rings. The highest BCUT2D eigenvalue weighted by Gasteiger charge is 2.20. The van der Waals surface area contributed by atoms with Gasteiger partial charge in [-0.2, -0.15) is 0 Å². The van der Waals surface area contributed by atoms with E-state index in [0.29, 0.717) is 19.0 Å². The topological polar surface area (TPSA) is 78.6 Å². The largest absolute Gasteiger partial charge is 0.396 e. The van der Waals surface area contributed by atoms with E-state index in [2.05, 4.69) is 10.5 Å². The Morgan fingerprint density at radius 3 is 3.09 bits per heavy atom. The van der Waals surface area contributed by atoms with Crippen LogP contribution in [-0.2, 0) is 6.54 Å². The molecule has 3 rings (SSSR count). The number of para-hydroxylation sites is 1. The maximum absolute atomic E-state index is 12.3. The van der Waals surface area contributed by atoms with Gasteiger partial charge in [0.1, 0.15) is 5.69 Å². The average Bonchev–Trinajstić information content (AvgIpc) is 2.80. The number of aliphatic hydroxyl groups is 1. The molecule has 1 aromatic carbocycles. The normalized spacial score (nSPS) is 19.1. The number of carbonyl (C=O) groups is 1. The molecule has 2 amide bonds. The lowest BCUT2D eigenvalue weighted by molar-refractivity contribution is 0.192. The highest BCUT2D eigenvalue weighted by molar-refractivity contribution is 5.80. The lowest BCUT2D eigenvalue weighted by atomic mass is 10.0. The lowest BCUT2D eigenvalue weighted by Gasteiger charge is -2.20. The fraction of sp³-hybridized carbons (Fsp3) is 0.500. The smallest absolute Gasteiger partial charge is 0.317 e. The highest BCUT2D eigenvalue weighted by Crippen LogP contribution is 2.18. The van der Waals surface area contributed by atoms with Gasteiger partial charge in [0.15, 0.2) is 5.58 Å². The Morgan fingerprint density at radius 1 is 1.36 bits per heavy atom. The molecule has 0 aliphatic carbocycles. The monoisotopic (exact) mass is 303 g/mol. The molecule has 1 aliphatic heterocycles. The molecule has 1 fully saturated rings. The van der Waals surface area contributed by atoms with Crippen LogP contribution in [0.4, 0.5) is 4.79 Å². The van der Waals surface area contributed by atoms with Crippen LogP contribution in [0, 0.1) is 5.92 Å². The summed E-state index contributed by atoms with van der Waals surface area (Å²) in [4.78, 5) is 14.1. The summed E-state index contributed by atoms with van der Waals surface area (Å²) in [5.74, 6) is 0.317. The van der Waals surface area contributed by atoms with Crippen LogP contribution in [0.1, 0.15) is 25.0 Å². The van der Waals surface area contributed by atoms with Crippen LogP contribution >= 0.6 is 0 Å². The van der Waals surface area contributed by atoms with Crippen molar-refractivity contribution in [1.29, 1.82) is 0 Å². The summed E-state index contributed by atoms with van der Waals surface area (Å²) in [6.45, 7) is 1.99. The number of amides is 2. The van der Waals surface area contributed by atoms with Crippen molar-refractivity contribution in [3.8, 4) is 0 Å². The number of rotatable bonds is 3. The Hall–Kier alpha value is -2.08. The van der Waals surface area contributed by atoms with Gasteiger partial charge < -0.3 is 19.8 Å². The van der Waals surface area contributed by atoms with E-state index in [1.165, 1.54) is 0 Å². The predicted molar refractivity (Wildman–Crippen MR) is 82.2 cm³/mol. The number of carbonyl (C=O) groups excluding carboxylic acids is 1. The Morgan fingerprint density at radius 2 is 2.23 bits per heavy atom. The molecule has 0 bridgehead atoms. The van der Waals surface area contributed by atoms with Crippen molar-refractivity contribution in [2.24, 2.45) is 5.92 Å². The summed E-state index contributed by atoms with van der Waals surface area (Å²) in [6.07, 6.45) is 2.77. The molecule has 1 unspecified atom stereocenters. The van der Waals surface area contributed by atoms with Crippen LogP contribution < -0.4 is 5.32 Å². The molecule has 2 heterocycles. The number of benzene rings is 1. The number of likely N-dealkylation sites (tertiary alicyclic amines) is 1. The standard InChI is InChI=1S/C16H21N3O3/c20-11-12-4-3-8-19(9-7-12)16(21)17-10-14-13-5-1-2-6-15(13)22-18-14/h1-2,5-6,12,20H,3-4,7-11H2,(H,17,21). The van der Waals surface area contributed by atoms with Gasteiger partial charge in [0.2, 0.25) is 0 Å². The summed E-state index contributed by atoms with van der Waals surface area (Å²) >= 11 is 0. The van der Waals surface area contributed by atoms with Crippen LogP contribution in [0.2, 0.25) is 0 Å². The number of aromatic nitrogens is 1. The minimum Gasteiger partial charge on any atom is -0.396 e. The number of hydrogen-bond donors (Lipinski definition) is 2. The van der Waals surface area contributed by atoms with Crippen molar-refractivity contribution in [2.75, 3.05) is 19.7 Å². The minimum absolute atomic E-state index is 0.0781. The molecular formula is C16H21N3O3. The quantitative estimate of drug-likeness (QED) is 0.910. The molecule has 0 saturated carbocycles. The molecule has 22 heavy (non-hydrogen) atoms. The van der Waals surface area contributed by atoms with Gasteiger partial charge in [-0.3, -0.25) is 0 Å². The number of hydrogen-bond acceptors (Lipinski definition) is 4. The number of aliphatic hydroxyl groups excluding tert-OH is 1. The van der Waals surface area contributed by atoms with E-state index >= 15 is 0 Å². The molecule has 1 aromatic heterocycles. The second-order valence-corrected chi connectivity index (χ2v) is 5.75. The minimum atomic E-state index is -0.0781. The SMILES string of the molecule is O=C(NCc1noc2ccccc12)N1CCCC(CO)CC1. The maximum atomic E-state index is 12.3. The summed E-state index contributed by atoms with van der Waals surface area (Å²) < 4.78 is 5.23. The van der Waals surface area contributed by atoms with E-state index in [9.17, 15) is 9.90 Å². The third-order valence-corrected chi connectivity index (χ3v) is 4.25. The van der Waals surface area contributed by atoms with Gasteiger partial charge in [-0.05, 0) is 37.3 Å². The van der Waals surface area contributed by atoms with Crippen LogP contribution in [0.5, 0.6) is 0 Å². The molecule has 1 aliphatic rings. The maximum Gasteiger partial charge on any atom is 0.317 e. The fourth-order valence-corrected chi connectivity index (χ4v) is 2.89. The van der Waals surface area contributed by atoms with Crippen LogP contribution in [0.15, 0.2) is 28.8 Å². The molecule has 0 radical (unpaired) electrons. The zero-order valence-corrected chi connectivity index (χ0v) is 12.5. The summed E-state index contributed by atoms with van der Waals surface area (Å²) in [7, 11) is 0. The average molecular weight is 303 g/mol. The summed E-state index contributed by atoms with van der Waals surface area (Å²) in [6, 6.07) is 7.53. The van der Waals surface area contributed by atoms with Crippen LogP contribution in [0.3, 0.4) is 0 Å². The third-order valence-electron chi connectivity index (χ3n) is 4.25. The Bertz CT molecular complexity index is 640. The van der Waals surface area contributed by atoms with E-state index in [4.69, 9.17) is 4.52 Å². The van der Waals surface area contributed by atoms with E-state index in [-0.39, 0.29) is 12.6 Å². The molecule has 2 N–H and O–H groups in total. The molecular weight excluding hydrogens is 282 g/mol. The van der Waals surface area contributed by atoms with E-state index in [1.807, 2.05) is 29.2 Å². The molecule has 118 valence electrons. The zero-order valence-electron chi connectivity index (χ0n) is 12.5.